The molecule has 1 amide bonds. The molecule has 194 valence electrons. The number of carbonyl (C=O) groups is 2. The Kier molecular flexibility index (Phi) is 5.54. The number of benzene rings is 1. The number of aromatic nitrogens is 1. The Balaban J connectivity index is 1.52. The number of alkyl carbamates (subject to hydrolysis) is 1. The van der Waals surface area contributed by atoms with Crippen molar-refractivity contribution in [2.24, 2.45) is 5.92 Å². The molecule has 2 atom stereocenters. The van der Waals surface area contributed by atoms with Crippen LogP contribution >= 0.6 is 0 Å². The van der Waals surface area contributed by atoms with Crippen molar-refractivity contribution in [2.45, 2.75) is 38.4 Å². The van der Waals surface area contributed by atoms with E-state index in [1.807, 2.05) is 4.90 Å². The fourth-order valence-electron chi connectivity index (χ4n) is 5.30. The van der Waals surface area contributed by atoms with E-state index in [1.165, 1.54) is 10.9 Å². The minimum Gasteiger partial charge on any atom is -0.477 e. The van der Waals surface area contributed by atoms with E-state index in [0.29, 0.717) is 25.2 Å². The number of hydrogen-bond acceptors (Lipinski definition) is 8. The van der Waals surface area contributed by atoms with Crippen molar-refractivity contribution in [1.29, 1.82) is 0 Å². The number of nitrogens with one attached hydrogen (secondary N) is 1. The standard InChI is InChI=1S/C24H29FN4O7/c1-23(2,3)36-22(33)26-10-24-11-28(8-13(24)5-6-35-24)18-16(25)7-14-17-20(18)34-12-27(4)29(17)9-15(19(14)30)21(31)32/h7,9,13H,5-6,8,10-12H2,1-4H3,(H,26,33)(H,31,32). The van der Waals surface area contributed by atoms with Gasteiger partial charge < -0.3 is 29.5 Å². The van der Waals surface area contributed by atoms with Gasteiger partial charge in [0.25, 0.3) is 0 Å². The van der Waals surface area contributed by atoms with Gasteiger partial charge in [0.2, 0.25) is 5.43 Å². The maximum Gasteiger partial charge on any atom is 0.407 e. The number of carboxylic acid groups (broad SMARTS) is 1. The molecule has 0 saturated carbocycles. The zero-order valence-electron chi connectivity index (χ0n) is 20.6. The molecule has 0 spiro atoms. The normalized spacial score (nSPS) is 23.0. The first-order chi connectivity index (χ1) is 16.9. The van der Waals surface area contributed by atoms with Crippen LogP contribution in [0.5, 0.6) is 5.75 Å². The van der Waals surface area contributed by atoms with Crippen molar-refractivity contribution in [3.63, 3.8) is 0 Å². The highest BCUT2D eigenvalue weighted by Crippen LogP contribution is 2.46. The molecule has 36 heavy (non-hydrogen) atoms. The van der Waals surface area contributed by atoms with Gasteiger partial charge in [0.1, 0.15) is 28.0 Å². The van der Waals surface area contributed by atoms with Crippen molar-refractivity contribution in [1.82, 2.24) is 9.99 Å². The van der Waals surface area contributed by atoms with Crippen LogP contribution < -0.4 is 25.4 Å². The third-order valence-corrected chi connectivity index (χ3v) is 6.89. The first-order valence-corrected chi connectivity index (χ1v) is 11.8. The molecule has 2 fully saturated rings. The topological polar surface area (TPSA) is 123 Å². The molecule has 11 nitrogen and oxygen atoms in total. The molecule has 0 aliphatic carbocycles. The smallest absolute Gasteiger partial charge is 0.407 e. The van der Waals surface area contributed by atoms with Crippen LogP contribution in [-0.4, -0.2) is 73.1 Å². The van der Waals surface area contributed by atoms with Gasteiger partial charge in [-0.2, -0.15) is 0 Å². The second-order valence-corrected chi connectivity index (χ2v) is 10.5. The van der Waals surface area contributed by atoms with E-state index < -0.39 is 40.1 Å². The van der Waals surface area contributed by atoms with E-state index in [4.69, 9.17) is 14.2 Å². The van der Waals surface area contributed by atoms with Crippen LogP contribution in [-0.2, 0) is 9.47 Å². The maximum absolute atomic E-state index is 15.6. The van der Waals surface area contributed by atoms with Crippen LogP contribution in [0.3, 0.4) is 0 Å². The zero-order chi connectivity index (χ0) is 26.0. The van der Waals surface area contributed by atoms with E-state index in [-0.39, 0.29) is 36.0 Å². The summed E-state index contributed by atoms with van der Waals surface area (Å²) in [7, 11) is 1.67. The fourth-order valence-corrected chi connectivity index (χ4v) is 5.30. The summed E-state index contributed by atoms with van der Waals surface area (Å²) in [6.07, 6.45) is 1.42. The molecule has 0 bridgehead atoms. The largest absolute Gasteiger partial charge is 0.477 e. The summed E-state index contributed by atoms with van der Waals surface area (Å²) < 4.78 is 34.5. The van der Waals surface area contributed by atoms with Gasteiger partial charge in [-0.1, -0.05) is 0 Å². The molecule has 0 radical (unpaired) electrons. The molecule has 2 N–H and O–H groups in total. The second-order valence-electron chi connectivity index (χ2n) is 10.5. The Morgan fingerprint density at radius 3 is 2.81 bits per heavy atom. The lowest BCUT2D eigenvalue weighted by atomic mass is 9.91. The van der Waals surface area contributed by atoms with Crippen molar-refractivity contribution in [3.8, 4) is 5.75 Å². The summed E-state index contributed by atoms with van der Waals surface area (Å²) in [5.41, 5.74) is -2.12. The van der Waals surface area contributed by atoms with Crippen LogP contribution in [0.1, 0.15) is 37.6 Å². The molecule has 2 aromatic rings. The minimum atomic E-state index is -1.39. The van der Waals surface area contributed by atoms with Crippen LogP contribution in [0, 0.1) is 11.7 Å². The summed E-state index contributed by atoms with van der Waals surface area (Å²) in [6.45, 7) is 6.84. The van der Waals surface area contributed by atoms with Gasteiger partial charge in [0, 0.05) is 38.9 Å². The first kappa shape index (κ1) is 24.2. The fraction of sp³-hybridized carbons (Fsp3) is 0.542. The number of rotatable bonds is 4. The summed E-state index contributed by atoms with van der Waals surface area (Å²) in [4.78, 5) is 38.6. The molecule has 2 saturated heterocycles. The molecule has 1 aromatic heterocycles. The molecule has 4 heterocycles. The predicted octanol–water partition coefficient (Wildman–Crippen LogP) is 1.88. The SMILES string of the molecule is CN1COc2c(N3CC4CCOC4(CNC(=O)OC(C)(C)C)C3)c(F)cc3c(=O)c(C(=O)O)cn1c23. The predicted molar refractivity (Wildman–Crippen MR) is 128 cm³/mol. The van der Waals surface area contributed by atoms with E-state index in [9.17, 15) is 19.5 Å². The van der Waals surface area contributed by atoms with Crippen LogP contribution in [0.25, 0.3) is 10.9 Å². The highest BCUT2D eigenvalue weighted by Gasteiger charge is 2.52. The molecule has 3 aliphatic heterocycles. The molecular formula is C24H29FN4O7. The summed E-state index contributed by atoms with van der Waals surface area (Å²) in [5.74, 6) is -1.88. The average Bonchev–Trinajstić information content (AvgIpc) is 3.32. The minimum absolute atomic E-state index is 0.0255. The molecule has 5 rings (SSSR count). The highest BCUT2D eigenvalue weighted by atomic mass is 19.1. The van der Waals surface area contributed by atoms with E-state index >= 15 is 4.39 Å². The molecular weight excluding hydrogens is 475 g/mol. The average molecular weight is 505 g/mol. The first-order valence-electron chi connectivity index (χ1n) is 11.8. The number of fused-ring (bicyclic) bond motifs is 1. The van der Waals surface area contributed by atoms with E-state index in [0.717, 1.165) is 12.5 Å². The Hall–Kier alpha value is -3.54. The van der Waals surface area contributed by atoms with Crippen LogP contribution in [0.15, 0.2) is 17.1 Å². The van der Waals surface area contributed by atoms with Crippen molar-refractivity contribution >= 4 is 28.7 Å². The lowest BCUT2D eigenvalue weighted by molar-refractivity contribution is -0.000288. The molecule has 2 unspecified atom stereocenters. The van der Waals surface area contributed by atoms with Crippen LogP contribution in [0.2, 0.25) is 0 Å². The number of carbonyl (C=O) groups excluding carboxylic acids is 1. The molecule has 3 aliphatic rings. The summed E-state index contributed by atoms with van der Waals surface area (Å²) in [5, 5.41) is 13.8. The van der Waals surface area contributed by atoms with Gasteiger partial charge in [-0.3, -0.25) is 14.5 Å². The Labute approximate surface area is 206 Å². The third kappa shape index (κ3) is 3.89. The zero-order valence-corrected chi connectivity index (χ0v) is 20.6. The van der Waals surface area contributed by atoms with Gasteiger partial charge in [0.05, 0.1) is 11.9 Å². The molecule has 12 heteroatoms. The number of nitrogens with zero attached hydrogens (tertiary/aromatic N) is 3. The number of hydrogen-bond donors (Lipinski definition) is 2. The number of aromatic carboxylic acids is 1. The number of pyridine rings is 1. The number of halogens is 1. The lowest BCUT2D eigenvalue weighted by Crippen LogP contribution is -2.49. The van der Waals surface area contributed by atoms with E-state index in [2.05, 4.69) is 5.32 Å². The molecule has 1 aromatic carbocycles. The Morgan fingerprint density at radius 1 is 1.36 bits per heavy atom. The monoisotopic (exact) mass is 504 g/mol. The number of anilines is 1. The van der Waals surface area contributed by atoms with Gasteiger partial charge in [-0.15, -0.1) is 0 Å². The van der Waals surface area contributed by atoms with Crippen molar-refractivity contribution in [2.75, 3.05) is 49.9 Å². The van der Waals surface area contributed by atoms with Gasteiger partial charge >= 0.3 is 12.1 Å². The Morgan fingerprint density at radius 2 is 2.11 bits per heavy atom. The third-order valence-electron chi connectivity index (χ3n) is 6.89. The van der Waals surface area contributed by atoms with Gasteiger partial charge in [-0.25, -0.2) is 14.0 Å². The quantitative estimate of drug-likeness (QED) is 0.643. The number of ether oxygens (including phenoxy) is 3. The summed E-state index contributed by atoms with van der Waals surface area (Å²) in [6, 6.07) is 1.07. The number of carboxylic acids is 1. The van der Waals surface area contributed by atoms with Crippen molar-refractivity contribution in [3.05, 3.63) is 33.9 Å². The van der Waals surface area contributed by atoms with E-state index in [1.54, 1.807) is 32.8 Å². The maximum atomic E-state index is 15.6. The highest BCUT2D eigenvalue weighted by molar-refractivity contribution is 5.97. The van der Waals surface area contributed by atoms with Crippen molar-refractivity contribution < 1.29 is 33.3 Å². The Bertz CT molecular complexity index is 1320. The number of amides is 1. The van der Waals surface area contributed by atoms with Gasteiger partial charge in [-0.05, 0) is 33.3 Å². The second kappa shape index (κ2) is 8.26. The lowest BCUT2D eigenvalue weighted by Gasteiger charge is -2.34. The van der Waals surface area contributed by atoms with Gasteiger partial charge in [0.15, 0.2) is 18.3 Å². The summed E-state index contributed by atoms with van der Waals surface area (Å²) >= 11 is 0. The van der Waals surface area contributed by atoms with Crippen LogP contribution in [0.4, 0.5) is 14.9 Å².